The molecule has 0 radical (unpaired) electrons. The molecule has 0 aliphatic heterocycles. The Labute approximate surface area is 173 Å². The number of ether oxygens (including phenoxy) is 1. The lowest BCUT2D eigenvalue weighted by atomic mass is 9.98. The fourth-order valence-corrected chi connectivity index (χ4v) is 3.16. The topological polar surface area (TPSA) is 96.3 Å². The highest BCUT2D eigenvalue weighted by atomic mass is 35.5. The van der Waals surface area contributed by atoms with Crippen LogP contribution in [0.25, 0.3) is 0 Å². The molecule has 1 amide bonds. The molecule has 148 valence electrons. The second-order valence-electron chi connectivity index (χ2n) is 7.09. The highest BCUT2D eigenvalue weighted by Gasteiger charge is 2.43. The van der Waals surface area contributed by atoms with Gasteiger partial charge in [-0.1, -0.05) is 29.8 Å². The second kappa shape index (κ2) is 8.46. The molecule has 2 aromatic rings. The summed E-state index contributed by atoms with van der Waals surface area (Å²) in [6, 6.07) is 14.7. The lowest BCUT2D eigenvalue weighted by Gasteiger charge is -2.22. The lowest BCUT2D eigenvalue weighted by Crippen LogP contribution is -2.48. The van der Waals surface area contributed by atoms with E-state index in [-0.39, 0.29) is 22.8 Å². The quantitative estimate of drug-likeness (QED) is 0.556. The van der Waals surface area contributed by atoms with Gasteiger partial charge in [0.05, 0.1) is 11.6 Å². The lowest BCUT2D eigenvalue weighted by molar-refractivity contribution is -0.125. The smallest absolute Gasteiger partial charge is 0.339 e. The number of benzene rings is 2. The Bertz CT molecular complexity index is 993. The summed E-state index contributed by atoms with van der Waals surface area (Å²) in [5.41, 5.74) is -0.362. The number of hydrogen-bond donors (Lipinski definition) is 1. The van der Waals surface area contributed by atoms with Gasteiger partial charge in [0.15, 0.2) is 12.4 Å². The van der Waals surface area contributed by atoms with E-state index in [1.165, 1.54) is 12.1 Å². The summed E-state index contributed by atoms with van der Waals surface area (Å²) in [5, 5.41) is 12.4. The maximum absolute atomic E-state index is 12.8. The van der Waals surface area contributed by atoms with Crippen molar-refractivity contribution in [1.29, 1.82) is 5.26 Å². The average molecular weight is 411 g/mol. The van der Waals surface area contributed by atoms with E-state index in [9.17, 15) is 19.6 Å². The molecule has 0 bridgehead atoms. The third-order valence-electron chi connectivity index (χ3n) is 4.86. The molecule has 1 saturated carbocycles. The summed E-state index contributed by atoms with van der Waals surface area (Å²) in [5.74, 6) is -1.59. The first-order valence-corrected chi connectivity index (χ1v) is 9.50. The van der Waals surface area contributed by atoms with Gasteiger partial charge in [-0.3, -0.25) is 9.59 Å². The molecular formula is C22H19ClN2O4. The number of nitrogens with one attached hydrogen (secondary N) is 1. The van der Waals surface area contributed by atoms with E-state index in [0.717, 1.165) is 12.8 Å². The van der Waals surface area contributed by atoms with Crippen LogP contribution in [0.3, 0.4) is 0 Å². The highest BCUT2D eigenvalue weighted by Crippen LogP contribution is 2.39. The van der Waals surface area contributed by atoms with Crippen LogP contribution in [0.5, 0.6) is 0 Å². The van der Waals surface area contributed by atoms with Gasteiger partial charge in [0.2, 0.25) is 0 Å². The van der Waals surface area contributed by atoms with Gasteiger partial charge in [-0.15, -0.1) is 0 Å². The van der Waals surface area contributed by atoms with Crippen LogP contribution in [0.4, 0.5) is 0 Å². The van der Waals surface area contributed by atoms with Crippen LogP contribution in [0.2, 0.25) is 5.02 Å². The first kappa shape index (κ1) is 20.6. The number of nitriles is 1. The minimum Gasteiger partial charge on any atom is -0.452 e. The molecule has 1 atom stereocenters. The Balaban J connectivity index is 1.68. The zero-order valence-corrected chi connectivity index (χ0v) is 16.5. The zero-order valence-electron chi connectivity index (χ0n) is 15.8. The number of halogens is 1. The molecule has 0 aromatic heterocycles. The molecule has 0 heterocycles. The molecule has 7 heteroatoms. The molecule has 1 fully saturated rings. The largest absolute Gasteiger partial charge is 0.452 e. The molecule has 0 spiro atoms. The summed E-state index contributed by atoms with van der Waals surface area (Å²) in [7, 11) is 0. The molecule has 1 aliphatic carbocycles. The number of nitrogens with zero attached hydrogens (tertiary/aromatic N) is 1. The molecule has 1 aliphatic rings. The second-order valence-corrected chi connectivity index (χ2v) is 7.53. The molecule has 6 nitrogen and oxygen atoms in total. The standard InChI is InChI=1S/C22H19ClN2O4/c1-22(13-24,15-8-9-15)25-19(26)12-29-21(28)18-5-3-2-4-17(18)20(27)14-6-10-16(23)11-7-14/h2-7,10-11,15H,8-9,12H2,1H3,(H,25,26)/t22-/m1/s1. The number of amides is 1. The maximum Gasteiger partial charge on any atom is 0.339 e. The minimum atomic E-state index is -0.966. The number of esters is 1. The van der Waals surface area contributed by atoms with Crippen molar-refractivity contribution in [2.75, 3.05) is 6.61 Å². The van der Waals surface area contributed by atoms with Gasteiger partial charge in [-0.2, -0.15) is 5.26 Å². The van der Waals surface area contributed by atoms with Gasteiger partial charge < -0.3 is 10.1 Å². The van der Waals surface area contributed by atoms with Crippen molar-refractivity contribution in [2.24, 2.45) is 5.92 Å². The number of ketones is 1. The molecular weight excluding hydrogens is 392 g/mol. The third-order valence-corrected chi connectivity index (χ3v) is 5.11. The molecule has 3 rings (SSSR count). The fourth-order valence-electron chi connectivity index (χ4n) is 3.03. The van der Waals surface area contributed by atoms with E-state index < -0.39 is 24.0 Å². The van der Waals surface area contributed by atoms with Crippen molar-refractivity contribution in [1.82, 2.24) is 5.32 Å². The highest BCUT2D eigenvalue weighted by molar-refractivity contribution is 6.30. The first-order chi connectivity index (χ1) is 13.8. The van der Waals surface area contributed by atoms with E-state index in [2.05, 4.69) is 11.4 Å². The average Bonchev–Trinajstić information content (AvgIpc) is 3.58. The van der Waals surface area contributed by atoms with Crippen LogP contribution in [-0.2, 0) is 9.53 Å². The van der Waals surface area contributed by atoms with Crippen molar-refractivity contribution in [3.63, 3.8) is 0 Å². The zero-order chi connectivity index (χ0) is 21.0. The monoisotopic (exact) mass is 410 g/mol. The summed E-state index contributed by atoms with van der Waals surface area (Å²) in [4.78, 5) is 37.4. The molecule has 0 unspecified atom stereocenters. The Kier molecular flexibility index (Phi) is 6.00. The van der Waals surface area contributed by atoms with E-state index in [4.69, 9.17) is 16.3 Å². The number of carbonyl (C=O) groups excluding carboxylic acids is 3. The van der Waals surface area contributed by atoms with Crippen LogP contribution in [0.15, 0.2) is 48.5 Å². The Morgan fingerprint density at radius 2 is 1.76 bits per heavy atom. The van der Waals surface area contributed by atoms with E-state index in [1.807, 2.05) is 0 Å². The summed E-state index contributed by atoms with van der Waals surface area (Å²) >= 11 is 5.85. The minimum absolute atomic E-state index is 0.0606. The van der Waals surface area contributed by atoms with Gasteiger partial charge in [0, 0.05) is 16.1 Å². The van der Waals surface area contributed by atoms with E-state index in [0.29, 0.717) is 10.6 Å². The van der Waals surface area contributed by atoms with Gasteiger partial charge in [0.25, 0.3) is 5.91 Å². The molecule has 2 aromatic carbocycles. The number of rotatable bonds is 7. The Hall–Kier alpha value is -3.17. The predicted octanol–water partition coefficient (Wildman–Crippen LogP) is 3.54. The van der Waals surface area contributed by atoms with Crippen molar-refractivity contribution in [2.45, 2.75) is 25.3 Å². The molecule has 0 saturated heterocycles. The summed E-state index contributed by atoms with van der Waals surface area (Å²) in [6.45, 7) is 1.12. The van der Waals surface area contributed by atoms with Gasteiger partial charge in [-0.05, 0) is 56.0 Å². The van der Waals surface area contributed by atoms with Crippen LogP contribution in [-0.4, -0.2) is 29.8 Å². The van der Waals surface area contributed by atoms with Crippen LogP contribution in [0.1, 0.15) is 46.0 Å². The SMILES string of the molecule is C[C@](C#N)(NC(=O)COC(=O)c1ccccc1C(=O)c1ccc(Cl)cc1)C1CC1. The van der Waals surface area contributed by atoms with Crippen molar-refractivity contribution in [3.05, 3.63) is 70.2 Å². The maximum atomic E-state index is 12.8. The summed E-state index contributed by atoms with van der Waals surface area (Å²) in [6.07, 6.45) is 1.76. The van der Waals surface area contributed by atoms with Crippen molar-refractivity contribution >= 4 is 29.3 Å². The van der Waals surface area contributed by atoms with Crippen molar-refractivity contribution < 1.29 is 19.1 Å². The Morgan fingerprint density at radius 3 is 2.34 bits per heavy atom. The number of hydrogen-bond acceptors (Lipinski definition) is 5. The van der Waals surface area contributed by atoms with Crippen LogP contribution >= 0.6 is 11.6 Å². The Morgan fingerprint density at radius 1 is 1.14 bits per heavy atom. The van der Waals surface area contributed by atoms with E-state index >= 15 is 0 Å². The van der Waals surface area contributed by atoms with Gasteiger partial charge >= 0.3 is 5.97 Å². The molecule has 1 N–H and O–H groups in total. The fraction of sp³-hybridized carbons (Fsp3) is 0.273. The van der Waals surface area contributed by atoms with Crippen LogP contribution < -0.4 is 5.32 Å². The van der Waals surface area contributed by atoms with Gasteiger partial charge in [-0.25, -0.2) is 4.79 Å². The first-order valence-electron chi connectivity index (χ1n) is 9.13. The van der Waals surface area contributed by atoms with Crippen molar-refractivity contribution in [3.8, 4) is 6.07 Å². The summed E-state index contributed by atoms with van der Waals surface area (Å²) < 4.78 is 5.09. The van der Waals surface area contributed by atoms with Gasteiger partial charge in [0.1, 0.15) is 5.54 Å². The number of carbonyl (C=O) groups is 3. The predicted molar refractivity (Wildman–Crippen MR) is 106 cm³/mol. The third kappa shape index (κ3) is 4.82. The van der Waals surface area contributed by atoms with E-state index in [1.54, 1.807) is 43.3 Å². The normalized spacial score (nSPS) is 14.9. The molecule has 29 heavy (non-hydrogen) atoms. The van der Waals surface area contributed by atoms with Crippen LogP contribution in [0, 0.1) is 17.2 Å².